The maximum absolute atomic E-state index is 5.53. The minimum atomic E-state index is -1.07. The predicted octanol–water partition coefficient (Wildman–Crippen LogP) is 1.75. The van der Waals surface area contributed by atoms with E-state index in [9.17, 15) is 0 Å². The standard InChI is InChI=1S/C8H15NSSi/c1-11(2,3)8-5-4-7(6-9)10-8/h4-5H,6,9H2,1-3H3. The van der Waals surface area contributed by atoms with E-state index in [2.05, 4.69) is 31.8 Å². The van der Waals surface area contributed by atoms with Gasteiger partial charge < -0.3 is 5.73 Å². The van der Waals surface area contributed by atoms with Gasteiger partial charge in [-0.25, -0.2) is 0 Å². The van der Waals surface area contributed by atoms with Crippen molar-refractivity contribution in [3.05, 3.63) is 17.0 Å². The first-order valence-electron chi connectivity index (χ1n) is 3.83. The third-order valence-corrected chi connectivity index (χ3v) is 6.31. The smallest absolute Gasteiger partial charge is 0.0904 e. The molecule has 1 aromatic rings. The Hall–Kier alpha value is -0.123. The van der Waals surface area contributed by atoms with Gasteiger partial charge in [-0.1, -0.05) is 25.7 Å². The number of rotatable bonds is 2. The summed E-state index contributed by atoms with van der Waals surface area (Å²) in [7, 11) is -1.07. The molecule has 1 rings (SSSR count). The molecule has 0 saturated heterocycles. The number of thiophene rings is 1. The Morgan fingerprint density at radius 3 is 2.27 bits per heavy atom. The van der Waals surface area contributed by atoms with Crippen molar-refractivity contribution in [1.82, 2.24) is 0 Å². The first kappa shape index (κ1) is 8.97. The van der Waals surface area contributed by atoms with Gasteiger partial charge >= 0.3 is 0 Å². The van der Waals surface area contributed by atoms with Crippen LogP contribution in [0.4, 0.5) is 0 Å². The second-order valence-corrected chi connectivity index (χ2v) is 10.3. The molecule has 1 heterocycles. The van der Waals surface area contributed by atoms with Crippen LogP contribution in [0.25, 0.3) is 0 Å². The van der Waals surface area contributed by atoms with Crippen molar-refractivity contribution in [2.24, 2.45) is 5.73 Å². The Kier molecular flexibility index (Phi) is 2.52. The molecular weight excluding hydrogens is 170 g/mol. The van der Waals surface area contributed by atoms with E-state index in [-0.39, 0.29) is 0 Å². The van der Waals surface area contributed by atoms with Crippen molar-refractivity contribution < 1.29 is 0 Å². The van der Waals surface area contributed by atoms with Crippen molar-refractivity contribution in [2.75, 3.05) is 0 Å². The zero-order chi connectivity index (χ0) is 8.48. The molecule has 2 N–H and O–H groups in total. The van der Waals surface area contributed by atoms with Crippen molar-refractivity contribution in [1.29, 1.82) is 0 Å². The van der Waals surface area contributed by atoms with E-state index >= 15 is 0 Å². The van der Waals surface area contributed by atoms with Crippen LogP contribution in [-0.2, 0) is 6.54 Å². The first-order valence-corrected chi connectivity index (χ1v) is 8.15. The van der Waals surface area contributed by atoms with Crippen molar-refractivity contribution in [3.63, 3.8) is 0 Å². The summed E-state index contributed by atoms with van der Waals surface area (Å²) >= 11 is 1.88. The monoisotopic (exact) mass is 185 g/mol. The Bertz CT molecular complexity index is 236. The van der Waals surface area contributed by atoms with Crippen LogP contribution in [0.1, 0.15) is 4.88 Å². The lowest BCUT2D eigenvalue weighted by Gasteiger charge is -2.12. The van der Waals surface area contributed by atoms with E-state index in [0.29, 0.717) is 6.54 Å². The van der Waals surface area contributed by atoms with Gasteiger partial charge in [0.15, 0.2) is 0 Å². The van der Waals surface area contributed by atoms with E-state index in [1.165, 1.54) is 4.88 Å². The Morgan fingerprint density at radius 1 is 1.36 bits per heavy atom. The van der Waals surface area contributed by atoms with Crippen LogP contribution < -0.4 is 10.2 Å². The molecule has 0 aliphatic heterocycles. The second kappa shape index (κ2) is 3.09. The topological polar surface area (TPSA) is 26.0 Å². The molecule has 1 nitrogen and oxygen atoms in total. The Labute approximate surface area is 73.3 Å². The Balaban J connectivity index is 2.89. The summed E-state index contributed by atoms with van der Waals surface area (Å²) < 4.78 is 1.55. The lowest BCUT2D eigenvalue weighted by atomic mass is 10.5. The fraction of sp³-hybridized carbons (Fsp3) is 0.500. The summed E-state index contributed by atoms with van der Waals surface area (Å²) in [6.45, 7) is 7.77. The highest BCUT2D eigenvalue weighted by Gasteiger charge is 2.17. The molecular formula is C8H15NSSi. The molecule has 0 aliphatic rings. The molecule has 0 spiro atoms. The van der Waals surface area contributed by atoms with E-state index in [1.807, 2.05) is 11.3 Å². The molecule has 0 saturated carbocycles. The fourth-order valence-corrected chi connectivity index (χ4v) is 3.73. The van der Waals surface area contributed by atoms with Gasteiger partial charge in [-0.05, 0) is 10.6 Å². The third kappa shape index (κ3) is 2.15. The van der Waals surface area contributed by atoms with Crippen molar-refractivity contribution in [2.45, 2.75) is 26.2 Å². The normalized spacial score (nSPS) is 12.0. The quantitative estimate of drug-likeness (QED) is 0.698. The van der Waals surface area contributed by atoms with E-state index in [1.54, 1.807) is 4.50 Å². The van der Waals surface area contributed by atoms with Gasteiger partial charge in [0.1, 0.15) is 0 Å². The van der Waals surface area contributed by atoms with Gasteiger partial charge in [0.2, 0.25) is 0 Å². The second-order valence-electron chi connectivity index (χ2n) is 3.72. The highest BCUT2D eigenvalue weighted by molar-refractivity contribution is 7.26. The van der Waals surface area contributed by atoms with Crippen LogP contribution in [0.15, 0.2) is 12.1 Å². The SMILES string of the molecule is C[Si](C)(C)c1ccc(CN)s1. The van der Waals surface area contributed by atoms with Gasteiger partial charge in [0.25, 0.3) is 0 Å². The van der Waals surface area contributed by atoms with Gasteiger partial charge in [-0.3, -0.25) is 0 Å². The summed E-state index contributed by atoms with van der Waals surface area (Å²) in [4.78, 5) is 1.31. The molecule has 1 aromatic heterocycles. The molecule has 3 heteroatoms. The predicted molar refractivity (Wildman–Crippen MR) is 55.2 cm³/mol. The summed E-state index contributed by atoms with van der Waals surface area (Å²) in [6.07, 6.45) is 0. The van der Waals surface area contributed by atoms with Gasteiger partial charge in [-0.2, -0.15) is 0 Å². The van der Waals surface area contributed by atoms with Gasteiger partial charge in [0, 0.05) is 11.4 Å². The van der Waals surface area contributed by atoms with Gasteiger partial charge in [-0.15, -0.1) is 11.3 Å². The fourth-order valence-electron chi connectivity index (χ4n) is 0.891. The average molecular weight is 185 g/mol. The largest absolute Gasteiger partial charge is 0.326 e. The van der Waals surface area contributed by atoms with Crippen LogP contribution in [0.2, 0.25) is 19.6 Å². The summed E-state index contributed by atoms with van der Waals surface area (Å²) in [5, 5.41) is 0. The molecule has 0 radical (unpaired) electrons. The maximum Gasteiger partial charge on any atom is 0.0904 e. The minimum absolute atomic E-state index is 0.690. The van der Waals surface area contributed by atoms with Gasteiger partial charge in [0.05, 0.1) is 8.07 Å². The minimum Gasteiger partial charge on any atom is -0.326 e. The zero-order valence-electron chi connectivity index (χ0n) is 7.35. The highest BCUT2D eigenvalue weighted by atomic mass is 32.1. The molecule has 0 aromatic carbocycles. The van der Waals surface area contributed by atoms with E-state index in [4.69, 9.17) is 5.73 Å². The molecule has 0 unspecified atom stereocenters. The lowest BCUT2D eigenvalue weighted by Crippen LogP contribution is -2.34. The molecule has 11 heavy (non-hydrogen) atoms. The van der Waals surface area contributed by atoms with E-state index < -0.39 is 8.07 Å². The number of nitrogens with two attached hydrogens (primary N) is 1. The first-order chi connectivity index (χ1) is 5.04. The molecule has 62 valence electrons. The maximum atomic E-state index is 5.53. The van der Waals surface area contributed by atoms with Crippen molar-refractivity contribution in [3.8, 4) is 0 Å². The molecule has 0 fully saturated rings. The summed E-state index contributed by atoms with van der Waals surface area (Å²) in [5.74, 6) is 0. The van der Waals surface area contributed by atoms with Crippen LogP contribution in [0.5, 0.6) is 0 Å². The third-order valence-electron chi connectivity index (χ3n) is 1.60. The number of hydrogen-bond donors (Lipinski definition) is 1. The molecule has 0 amide bonds. The average Bonchev–Trinajstić information content (AvgIpc) is 2.32. The highest BCUT2D eigenvalue weighted by Crippen LogP contribution is 2.11. The van der Waals surface area contributed by atoms with Crippen LogP contribution in [0, 0.1) is 0 Å². The zero-order valence-corrected chi connectivity index (χ0v) is 9.16. The summed E-state index contributed by atoms with van der Waals surface area (Å²) in [5.41, 5.74) is 5.53. The Morgan fingerprint density at radius 2 is 2.00 bits per heavy atom. The van der Waals surface area contributed by atoms with Crippen LogP contribution in [-0.4, -0.2) is 8.07 Å². The van der Waals surface area contributed by atoms with E-state index in [0.717, 1.165) is 0 Å². The molecule has 0 bridgehead atoms. The summed E-state index contributed by atoms with van der Waals surface area (Å²) in [6, 6.07) is 4.39. The van der Waals surface area contributed by atoms with Crippen LogP contribution >= 0.6 is 11.3 Å². The molecule has 0 aliphatic carbocycles. The van der Waals surface area contributed by atoms with Crippen molar-refractivity contribution >= 4 is 23.9 Å². The molecule has 0 atom stereocenters. The van der Waals surface area contributed by atoms with Crippen LogP contribution in [0.3, 0.4) is 0 Å². The number of hydrogen-bond acceptors (Lipinski definition) is 2. The lowest BCUT2D eigenvalue weighted by molar-refractivity contribution is 1.11.